The number of aromatic nitrogens is 5. The van der Waals surface area contributed by atoms with Crippen LogP contribution >= 0.6 is 11.3 Å². The number of anilines is 1. The molecule has 0 spiro atoms. The Morgan fingerprint density at radius 1 is 1.52 bits per heavy atom. The van der Waals surface area contributed by atoms with E-state index in [0.29, 0.717) is 17.7 Å². The van der Waals surface area contributed by atoms with Gasteiger partial charge in [-0.2, -0.15) is 5.10 Å². The van der Waals surface area contributed by atoms with Gasteiger partial charge in [0.15, 0.2) is 0 Å². The van der Waals surface area contributed by atoms with Gasteiger partial charge in [-0.15, -0.1) is 10.2 Å². The molecule has 3 rings (SSSR count). The van der Waals surface area contributed by atoms with Crippen LogP contribution in [0.15, 0.2) is 12.7 Å². The molecular weight excluding hydrogens is 290 g/mol. The maximum Gasteiger partial charge on any atom is 0.240 e. The summed E-state index contributed by atoms with van der Waals surface area (Å²) >= 11 is 1.38. The zero-order chi connectivity index (χ0) is 14.7. The SMILES string of the molecule is Cc1nnc(NC(=O)CN2CCC[C@H]2Cn2cncn2)s1. The highest BCUT2D eigenvalue weighted by molar-refractivity contribution is 7.15. The molecule has 0 unspecified atom stereocenters. The maximum absolute atomic E-state index is 12.1. The quantitative estimate of drug-likeness (QED) is 0.867. The molecule has 0 aromatic carbocycles. The van der Waals surface area contributed by atoms with Crippen LogP contribution in [0, 0.1) is 6.92 Å². The molecule has 2 aromatic rings. The number of nitrogens with zero attached hydrogens (tertiary/aromatic N) is 6. The summed E-state index contributed by atoms with van der Waals surface area (Å²) in [7, 11) is 0. The number of hydrogen-bond donors (Lipinski definition) is 1. The lowest BCUT2D eigenvalue weighted by Gasteiger charge is -2.23. The minimum absolute atomic E-state index is 0.0448. The van der Waals surface area contributed by atoms with Gasteiger partial charge in [-0.25, -0.2) is 4.98 Å². The summed E-state index contributed by atoms with van der Waals surface area (Å²) < 4.78 is 1.81. The van der Waals surface area contributed by atoms with Crippen LogP contribution in [0.3, 0.4) is 0 Å². The fourth-order valence-electron chi connectivity index (χ4n) is 2.54. The first-order valence-electron chi connectivity index (χ1n) is 6.87. The second-order valence-electron chi connectivity index (χ2n) is 5.06. The molecule has 2 aromatic heterocycles. The third kappa shape index (κ3) is 3.61. The van der Waals surface area contributed by atoms with E-state index in [0.717, 1.165) is 30.9 Å². The molecule has 0 bridgehead atoms. The molecule has 0 aliphatic carbocycles. The predicted molar refractivity (Wildman–Crippen MR) is 77.9 cm³/mol. The zero-order valence-electron chi connectivity index (χ0n) is 11.8. The third-order valence-corrected chi connectivity index (χ3v) is 4.24. The van der Waals surface area contributed by atoms with Gasteiger partial charge in [0.25, 0.3) is 0 Å². The van der Waals surface area contributed by atoms with Crippen LogP contribution in [0.25, 0.3) is 0 Å². The minimum Gasteiger partial charge on any atom is -0.299 e. The van der Waals surface area contributed by atoms with Gasteiger partial charge in [0.2, 0.25) is 11.0 Å². The summed E-state index contributed by atoms with van der Waals surface area (Å²) in [6.07, 6.45) is 5.42. The number of aryl methyl sites for hydroxylation is 1. The monoisotopic (exact) mass is 307 g/mol. The Kier molecular flexibility index (Phi) is 4.20. The lowest BCUT2D eigenvalue weighted by atomic mass is 10.2. The standard InChI is InChI=1S/C12H17N7OS/c1-9-16-17-12(21-9)15-11(20)6-18-4-2-3-10(18)5-19-8-13-7-14-19/h7-8,10H,2-6H2,1H3,(H,15,17,20)/t10-/m0/s1. The molecule has 1 atom stereocenters. The first kappa shape index (κ1) is 14.1. The Balaban J connectivity index is 1.54. The van der Waals surface area contributed by atoms with E-state index in [4.69, 9.17) is 0 Å². The maximum atomic E-state index is 12.1. The van der Waals surface area contributed by atoms with Gasteiger partial charge in [-0.3, -0.25) is 19.7 Å². The minimum atomic E-state index is -0.0448. The van der Waals surface area contributed by atoms with Gasteiger partial charge in [-0.05, 0) is 26.3 Å². The molecular formula is C12H17N7OS. The molecule has 1 N–H and O–H groups in total. The lowest BCUT2D eigenvalue weighted by molar-refractivity contribution is -0.117. The third-order valence-electron chi connectivity index (χ3n) is 3.48. The number of rotatable bonds is 5. The van der Waals surface area contributed by atoms with E-state index >= 15 is 0 Å². The molecule has 1 fully saturated rings. The molecule has 1 saturated heterocycles. The average molecular weight is 307 g/mol. The Morgan fingerprint density at radius 3 is 3.14 bits per heavy atom. The number of hydrogen-bond acceptors (Lipinski definition) is 7. The molecule has 0 radical (unpaired) electrons. The molecule has 8 nitrogen and oxygen atoms in total. The van der Waals surface area contributed by atoms with Crippen molar-refractivity contribution in [3.63, 3.8) is 0 Å². The van der Waals surface area contributed by atoms with Gasteiger partial charge in [0.1, 0.15) is 17.7 Å². The summed E-state index contributed by atoms with van der Waals surface area (Å²) in [6, 6.07) is 0.327. The Morgan fingerprint density at radius 2 is 2.43 bits per heavy atom. The van der Waals surface area contributed by atoms with Gasteiger partial charge < -0.3 is 0 Å². The first-order valence-corrected chi connectivity index (χ1v) is 7.69. The van der Waals surface area contributed by atoms with Crippen LogP contribution in [0.5, 0.6) is 0 Å². The molecule has 9 heteroatoms. The Bertz CT molecular complexity index is 597. The van der Waals surface area contributed by atoms with Crippen molar-refractivity contribution < 1.29 is 4.79 Å². The van der Waals surface area contributed by atoms with E-state index in [9.17, 15) is 4.79 Å². The zero-order valence-corrected chi connectivity index (χ0v) is 12.6. The van der Waals surface area contributed by atoms with E-state index in [1.807, 2.05) is 11.6 Å². The number of amides is 1. The van der Waals surface area contributed by atoms with Gasteiger partial charge in [0, 0.05) is 6.04 Å². The summed E-state index contributed by atoms with van der Waals surface area (Å²) in [5.41, 5.74) is 0. The highest BCUT2D eigenvalue weighted by atomic mass is 32.1. The van der Waals surface area contributed by atoms with Gasteiger partial charge in [0.05, 0.1) is 13.1 Å². The van der Waals surface area contributed by atoms with Crippen molar-refractivity contribution in [3.8, 4) is 0 Å². The topological polar surface area (TPSA) is 88.8 Å². The van der Waals surface area contributed by atoms with E-state index in [1.165, 1.54) is 17.7 Å². The summed E-state index contributed by atoms with van der Waals surface area (Å²) in [6.45, 7) is 3.94. The predicted octanol–water partition coefficient (Wildman–Crippen LogP) is 0.541. The lowest BCUT2D eigenvalue weighted by Crippen LogP contribution is -2.39. The highest BCUT2D eigenvalue weighted by Gasteiger charge is 2.26. The molecule has 21 heavy (non-hydrogen) atoms. The second kappa shape index (κ2) is 6.27. The molecule has 3 heterocycles. The van der Waals surface area contributed by atoms with Crippen LogP contribution in [-0.2, 0) is 11.3 Å². The van der Waals surface area contributed by atoms with Crippen LogP contribution in [0.1, 0.15) is 17.8 Å². The Labute approximate surface area is 126 Å². The van der Waals surface area contributed by atoms with Gasteiger partial charge in [-0.1, -0.05) is 11.3 Å². The highest BCUT2D eigenvalue weighted by Crippen LogP contribution is 2.19. The van der Waals surface area contributed by atoms with Crippen molar-refractivity contribution in [2.45, 2.75) is 32.4 Å². The van der Waals surface area contributed by atoms with Gasteiger partial charge >= 0.3 is 0 Å². The van der Waals surface area contributed by atoms with Crippen LogP contribution < -0.4 is 5.32 Å². The summed E-state index contributed by atoms with van der Waals surface area (Å²) in [5, 5.41) is 16.1. The summed E-state index contributed by atoms with van der Waals surface area (Å²) in [5.74, 6) is -0.0448. The van der Waals surface area contributed by atoms with Crippen molar-refractivity contribution in [1.29, 1.82) is 0 Å². The van der Waals surface area contributed by atoms with Crippen LogP contribution in [-0.4, -0.2) is 54.9 Å². The molecule has 1 aliphatic rings. The fraction of sp³-hybridized carbons (Fsp3) is 0.583. The van der Waals surface area contributed by atoms with E-state index in [2.05, 4.69) is 30.5 Å². The normalized spacial score (nSPS) is 19.0. The van der Waals surface area contributed by atoms with Crippen molar-refractivity contribution in [2.75, 3.05) is 18.4 Å². The largest absolute Gasteiger partial charge is 0.299 e. The molecule has 0 saturated carbocycles. The molecule has 1 aliphatic heterocycles. The van der Waals surface area contributed by atoms with E-state index in [-0.39, 0.29) is 5.91 Å². The average Bonchev–Trinajstić information content (AvgIpc) is 3.15. The Hall–Kier alpha value is -1.87. The fourth-order valence-corrected chi connectivity index (χ4v) is 3.15. The van der Waals surface area contributed by atoms with Crippen molar-refractivity contribution in [1.82, 2.24) is 29.9 Å². The number of likely N-dealkylation sites (tertiary alicyclic amines) is 1. The molecule has 112 valence electrons. The number of carbonyl (C=O) groups is 1. The van der Waals surface area contributed by atoms with Crippen LogP contribution in [0.4, 0.5) is 5.13 Å². The van der Waals surface area contributed by atoms with Crippen molar-refractivity contribution in [2.24, 2.45) is 0 Å². The van der Waals surface area contributed by atoms with Crippen molar-refractivity contribution >= 4 is 22.4 Å². The van der Waals surface area contributed by atoms with Crippen LogP contribution in [0.2, 0.25) is 0 Å². The number of nitrogens with one attached hydrogen (secondary N) is 1. The van der Waals surface area contributed by atoms with E-state index in [1.54, 1.807) is 6.33 Å². The molecule has 1 amide bonds. The van der Waals surface area contributed by atoms with Crippen molar-refractivity contribution in [3.05, 3.63) is 17.7 Å². The smallest absolute Gasteiger partial charge is 0.240 e. The van der Waals surface area contributed by atoms with E-state index < -0.39 is 0 Å². The number of carbonyl (C=O) groups excluding carboxylic acids is 1. The summed E-state index contributed by atoms with van der Waals surface area (Å²) in [4.78, 5) is 18.2. The second-order valence-corrected chi connectivity index (χ2v) is 6.24. The first-order chi connectivity index (χ1) is 10.2.